The Bertz CT molecular complexity index is 633. The predicted octanol–water partition coefficient (Wildman–Crippen LogP) is 3.07. The standard InChI is InChI=1S/C13H14F3NO3S/c1-2-3-6-21(18,19)12-7-11(5-4-10(12)8-17)20-9-13(14,15)16/h4-5,7H,2-3,6,9H2,1H3. The van der Waals surface area contributed by atoms with Gasteiger partial charge < -0.3 is 4.74 Å². The summed E-state index contributed by atoms with van der Waals surface area (Å²) in [6.45, 7) is 0.289. The molecule has 116 valence electrons. The van der Waals surface area contributed by atoms with Gasteiger partial charge in [0, 0.05) is 6.07 Å². The molecule has 0 spiro atoms. The molecule has 4 nitrogen and oxygen atoms in total. The van der Waals surface area contributed by atoms with Crippen LogP contribution in [0.5, 0.6) is 5.75 Å². The molecule has 0 saturated heterocycles. The Hall–Kier alpha value is -1.75. The highest BCUT2D eigenvalue weighted by atomic mass is 32.2. The fraction of sp³-hybridized carbons (Fsp3) is 0.462. The average molecular weight is 321 g/mol. The summed E-state index contributed by atoms with van der Waals surface area (Å²) in [4.78, 5) is -0.293. The van der Waals surface area contributed by atoms with E-state index in [1.165, 1.54) is 0 Å². The lowest BCUT2D eigenvalue weighted by atomic mass is 10.2. The maximum Gasteiger partial charge on any atom is 0.422 e. The number of nitrogens with zero attached hydrogens (tertiary/aromatic N) is 1. The number of hydrogen-bond acceptors (Lipinski definition) is 4. The fourth-order valence-corrected chi connectivity index (χ4v) is 3.18. The minimum atomic E-state index is -4.52. The van der Waals surface area contributed by atoms with Gasteiger partial charge in [-0.25, -0.2) is 8.42 Å². The molecule has 0 aliphatic heterocycles. The predicted molar refractivity (Wildman–Crippen MR) is 69.7 cm³/mol. The highest BCUT2D eigenvalue weighted by Crippen LogP contribution is 2.25. The summed E-state index contributed by atoms with van der Waals surface area (Å²) < 4.78 is 65.0. The maximum absolute atomic E-state index is 12.1. The van der Waals surface area contributed by atoms with Crippen molar-refractivity contribution in [2.45, 2.75) is 30.8 Å². The summed E-state index contributed by atoms with van der Waals surface area (Å²) in [6, 6.07) is 4.97. The van der Waals surface area contributed by atoms with Crippen molar-refractivity contribution in [1.82, 2.24) is 0 Å². The van der Waals surface area contributed by atoms with Crippen LogP contribution in [-0.2, 0) is 9.84 Å². The molecular weight excluding hydrogens is 307 g/mol. The van der Waals surface area contributed by atoms with E-state index in [0.717, 1.165) is 18.2 Å². The topological polar surface area (TPSA) is 67.2 Å². The van der Waals surface area contributed by atoms with Crippen molar-refractivity contribution in [3.63, 3.8) is 0 Å². The van der Waals surface area contributed by atoms with Crippen molar-refractivity contribution >= 4 is 9.84 Å². The summed E-state index contributed by atoms with van der Waals surface area (Å²) in [5.41, 5.74) is -0.106. The van der Waals surface area contributed by atoms with Crippen molar-refractivity contribution in [3.8, 4) is 11.8 Å². The minimum Gasteiger partial charge on any atom is -0.484 e. The largest absolute Gasteiger partial charge is 0.484 e. The molecule has 0 saturated carbocycles. The Morgan fingerprint density at radius 2 is 2.00 bits per heavy atom. The van der Waals surface area contributed by atoms with E-state index in [1.54, 1.807) is 6.07 Å². The zero-order chi connectivity index (χ0) is 16.1. The molecule has 1 aromatic carbocycles. The van der Waals surface area contributed by atoms with Gasteiger partial charge in [-0.15, -0.1) is 0 Å². The number of ether oxygens (including phenoxy) is 1. The fourth-order valence-electron chi connectivity index (χ4n) is 1.55. The van der Waals surface area contributed by atoms with E-state index in [1.807, 2.05) is 6.92 Å². The molecule has 0 fully saturated rings. The van der Waals surface area contributed by atoms with Gasteiger partial charge in [0.15, 0.2) is 16.4 Å². The third kappa shape index (κ3) is 5.27. The first-order valence-corrected chi connectivity index (χ1v) is 7.81. The second-order valence-electron chi connectivity index (χ2n) is 4.35. The molecule has 0 heterocycles. The minimum absolute atomic E-state index is 0.106. The Morgan fingerprint density at radius 3 is 2.52 bits per heavy atom. The van der Waals surface area contributed by atoms with Gasteiger partial charge in [-0.05, 0) is 18.6 Å². The normalized spacial score (nSPS) is 12.0. The molecule has 0 aliphatic carbocycles. The van der Waals surface area contributed by atoms with E-state index in [4.69, 9.17) is 5.26 Å². The molecule has 0 unspecified atom stereocenters. The molecule has 1 aromatic rings. The lowest BCUT2D eigenvalue weighted by Gasteiger charge is -2.11. The maximum atomic E-state index is 12.1. The molecule has 0 amide bonds. The molecule has 0 bridgehead atoms. The lowest BCUT2D eigenvalue weighted by Crippen LogP contribution is -2.19. The van der Waals surface area contributed by atoms with E-state index in [2.05, 4.69) is 4.74 Å². The van der Waals surface area contributed by atoms with Gasteiger partial charge in [-0.3, -0.25) is 0 Å². The van der Waals surface area contributed by atoms with E-state index >= 15 is 0 Å². The van der Waals surface area contributed by atoms with Crippen LogP contribution in [-0.4, -0.2) is 27.0 Å². The van der Waals surface area contributed by atoms with Crippen LogP contribution < -0.4 is 4.74 Å². The molecular formula is C13H14F3NO3S. The van der Waals surface area contributed by atoms with E-state index in [9.17, 15) is 21.6 Å². The number of rotatable bonds is 6. The first-order chi connectivity index (χ1) is 9.69. The van der Waals surface area contributed by atoms with Crippen LogP contribution in [0.1, 0.15) is 25.3 Å². The van der Waals surface area contributed by atoms with Crippen LogP contribution in [0, 0.1) is 11.3 Å². The SMILES string of the molecule is CCCCS(=O)(=O)c1cc(OCC(F)(F)F)ccc1C#N. The molecule has 21 heavy (non-hydrogen) atoms. The van der Waals surface area contributed by atoms with Gasteiger partial charge in [-0.1, -0.05) is 13.3 Å². The van der Waals surface area contributed by atoms with Crippen LogP contribution in [0.25, 0.3) is 0 Å². The van der Waals surface area contributed by atoms with Gasteiger partial charge in [0.05, 0.1) is 16.2 Å². The van der Waals surface area contributed by atoms with Crippen molar-refractivity contribution in [3.05, 3.63) is 23.8 Å². The molecule has 0 radical (unpaired) electrons. The van der Waals surface area contributed by atoms with Crippen LogP contribution in [0.4, 0.5) is 13.2 Å². The van der Waals surface area contributed by atoms with Crippen LogP contribution in [0.3, 0.4) is 0 Å². The molecule has 1 rings (SSSR count). The van der Waals surface area contributed by atoms with Crippen LogP contribution in [0.15, 0.2) is 23.1 Å². The van der Waals surface area contributed by atoms with Gasteiger partial charge in [0.25, 0.3) is 0 Å². The third-order valence-corrected chi connectivity index (χ3v) is 4.41. The van der Waals surface area contributed by atoms with E-state index < -0.39 is 22.6 Å². The lowest BCUT2D eigenvalue weighted by molar-refractivity contribution is -0.153. The van der Waals surface area contributed by atoms with E-state index in [0.29, 0.717) is 12.8 Å². The summed E-state index contributed by atoms with van der Waals surface area (Å²) >= 11 is 0. The monoisotopic (exact) mass is 321 g/mol. The number of sulfone groups is 1. The van der Waals surface area contributed by atoms with Crippen molar-refractivity contribution in [1.29, 1.82) is 5.26 Å². The molecule has 8 heteroatoms. The number of unbranched alkanes of at least 4 members (excludes halogenated alkanes) is 1. The quantitative estimate of drug-likeness (QED) is 0.807. The summed E-state index contributed by atoms with van der Waals surface area (Å²) in [7, 11) is -3.73. The Morgan fingerprint density at radius 1 is 1.33 bits per heavy atom. The van der Waals surface area contributed by atoms with Crippen molar-refractivity contribution < 1.29 is 26.3 Å². The van der Waals surface area contributed by atoms with Crippen LogP contribution >= 0.6 is 0 Å². The Balaban J connectivity index is 3.10. The van der Waals surface area contributed by atoms with Crippen molar-refractivity contribution in [2.24, 2.45) is 0 Å². The Labute approximate surface area is 121 Å². The zero-order valence-electron chi connectivity index (χ0n) is 11.3. The second kappa shape index (κ2) is 6.80. The first kappa shape index (κ1) is 17.3. The number of hydrogen-bond donors (Lipinski definition) is 0. The number of nitriles is 1. The smallest absolute Gasteiger partial charge is 0.422 e. The van der Waals surface area contributed by atoms with Gasteiger partial charge in [-0.2, -0.15) is 18.4 Å². The molecule has 0 N–H and O–H groups in total. The molecule has 0 aliphatic rings. The van der Waals surface area contributed by atoms with Crippen LogP contribution in [0.2, 0.25) is 0 Å². The third-order valence-electron chi connectivity index (χ3n) is 2.58. The summed E-state index contributed by atoms with van der Waals surface area (Å²) in [5, 5.41) is 8.92. The van der Waals surface area contributed by atoms with Gasteiger partial charge >= 0.3 is 6.18 Å². The zero-order valence-corrected chi connectivity index (χ0v) is 12.1. The molecule has 0 atom stereocenters. The molecule has 0 aromatic heterocycles. The Kier molecular flexibility index (Phi) is 5.61. The van der Waals surface area contributed by atoms with Gasteiger partial charge in [0.2, 0.25) is 0 Å². The number of halogens is 3. The van der Waals surface area contributed by atoms with Crippen molar-refractivity contribution in [2.75, 3.05) is 12.4 Å². The first-order valence-electron chi connectivity index (χ1n) is 6.16. The number of alkyl halides is 3. The second-order valence-corrected chi connectivity index (χ2v) is 6.42. The van der Waals surface area contributed by atoms with Gasteiger partial charge in [0.1, 0.15) is 11.8 Å². The van der Waals surface area contributed by atoms with E-state index in [-0.39, 0.29) is 22.0 Å². The number of benzene rings is 1. The highest BCUT2D eigenvalue weighted by Gasteiger charge is 2.29. The average Bonchev–Trinajstić information content (AvgIpc) is 2.42. The highest BCUT2D eigenvalue weighted by molar-refractivity contribution is 7.91. The summed E-state index contributed by atoms with van der Waals surface area (Å²) in [5.74, 6) is -0.401. The summed E-state index contributed by atoms with van der Waals surface area (Å²) in [6.07, 6.45) is -3.47.